The Labute approximate surface area is 148 Å². The Morgan fingerprint density at radius 3 is 1.75 bits per heavy atom. The maximum absolute atomic E-state index is 10.5. The monoisotopic (exact) mass is 386 g/mol. The van der Waals surface area contributed by atoms with Crippen LogP contribution in [0.5, 0.6) is 0 Å². The van der Waals surface area contributed by atoms with E-state index in [1.807, 2.05) is 0 Å². The Morgan fingerprint density at radius 2 is 1.38 bits per heavy atom. The quantitative estimate of drug-likeness (QED) is 0.476. The van der Waals surface area contributed by atoms with E-state index in [-0.39, 0.29) is 32.3 Å². The molecule has 6 nitrogen and oxygen atoms in total. The van der Waals surface area contributed by atoms with Gasteiger partial charge in [-0.05, 0) is 49.9 Å². The maximum Gasteiger partial charge on any atom is 0.329 e. The summed E-state index contributed by atoms with van der Waals surface area (Å²) in [4.78, 5) is 21.1. The van der Waals surface area contributed by atoms with Gasteiger partial charge in [0.15, 0.2) is 0 Å². The van der Waals surface area contributed by atoms with Crippen LogP contribution < -0.4 is 0 Å². The van der Waals surface area contributed by atoms with Crippen LogP contribution in [0.15, 0.2) is 0 Å². The molecule has 0 aromatic rings. The van der Waals surface area contributed by atoms with E-state index in [4.69, 9.17) is 19.7 Å². The highest BCUT2D eigenvalue weighted by Gasteiger charge is 2.19. The van der Waals surface area contributed by atoms with Crippen LogP contribution in [-0.4, -0.2) is 90.7 Å². The summed E-state index contributed by atoms with van der Waals surface area (Å²) < 4.78 is 10.3. The summed E-state index contributed by atoms with van der Waals surface area (Å²) in [6.07, 6.45) is 13.6. The van der Waals surface area contributed by atoms with Crippen molar-refractivity contribution in [1.29, 1.82) is 0 Å². The van der Waals surface area contributed by atoms with Gasteiger partial charge in [-0.15, -0.1) is 0 Å². The number of aliphatic carboxylic acids is 2. The molecule has 0 amide bonds. The van der Waals surface area contributed by atoms with Gasteiger partial charge in [0.25, 0.3) is 0 Å². The fourth-order valence-electron chi connectivity index (χ4n) is 2.62. The highest BCUT2D eigenvalue weighted by Crippen LogP contribution is 2.53. The molecular formula is C16H34O6S2. The highest BCUT2D eigenvalue weighted by atomic mass is 32.3. The third kappa shape index (κ3) is 15.1. The SMILES string of the molecule is CS(C)(C)CS(C)(C)CCCC(COCC(=O)O)COCC(=O)O. The predicted molar refractivity (Wildman–Crippen MR) is 104 cm³/mol. The summed E-state index contributed by atoms with van der Waals surface area (Å²) in [6, 6.07) is 0. The zero-order chi connectivity index (χ0) is 18.8. The van der Waals surface area contributed by atoms with Crippen LogP contribution in [0.2, 0.25) is 0 Å². The van der Waals surface area contributed by atoms with Gasteiger partial charge in [-0.2, -0.15) is 0 Å². The molecule has 0 aliphatic rings. The fraction of sp³-hybridized carbons (Fsp3) is 0.875. The van der Waals surface area contributed by atoms with Gasteiger partial charge in [0, 0.05) is 11.0 Å². The third-order valence-electron chi connectivity index (χ3n) is 3.14. The summed E-state index contributed by atoms with van der Waals surface area (Å²) in [5.41, 5.74) is 0. The number of hydrogen-bond donors (Lipinski definition) is 2. The first kappa shape index (κ1) is 23.6. The minimum Gasteiger partial charge on any atom is -0.480 e. The molecule has 0 fully saturated rings. The molecule has 0 radical (unpaired) electrons. The van der Waals surface area contributed by atoms with Crippen molar-refractivity contribution in [2.45, 2.75) is 12.8 Å². The number of carboxylic acids is 2. The largest absolute Gasteiger partial charge is 0.480 e. The first-order valence-corrected chi connectivity index (χ1v) is 13.7. The van der Waals surface area contributed by atoms with Gasteiger partial charge in [-0.1, -0.05) is 0 Å². The van der Waals surface area contributed by atoms with Gasteiger partial charge in [0.05, 0.1) is 13.2 Å². The van der Waals surface area contributed by atoms with E-state index >= 15 is 0 Å². The van der Waals surface area contributed by atoms with Gasteiger partial charge in [-0.25, -0.2) is 29.6 Å². The molecule has 0 unspecified atom stereocenters. The van der Waals surface area contributed by atoms with Gasteiger partial charge < -0.3 is 19.7 Å². The van der Waals surface area contributed by atoms with Crippen molar-refractivity contribution in [3.8, 4) is 0 Å². The molecule has 0 bridgehead atoms. The van der Waals surface area contributed by atoms with Crippen molar-refractivity contribution < 1.29 is 29.3 Å². The average molecular weight is 387 g/mol. The number of carbonyl (C=O) groups is 2. The van der Waals surface area contributed by atoms with E-state index in [9.17, 15) is 9.59 Å². The molecule has 0 rings (SSSR count). The summed E-state index contributed by atoms with van der Waals surface area (Å²) in [6.45, 7) is -0.0997. The van der Waals surface area contributed by atoms with Crippen LogP contribution >= 0.6 is 20.1 Å². The summed E-state index contributed by atoms with van der Waals surface area (Å²) in [5, 5.41) is 18.6. The lowest BCUT2D eigenvalue weighted by Crippen LogP contribution is -2.21. The second-order valence-electron chi connectivity index (χ2n) is 7.51. The molecule has 0 saturated carbocycles. The number of carboxylic acid groups (broad SMARTS) is 2. The topological polar surface area (TPSA) is 93.1 Å². The third-order valence-corrected chi connectivity index (χ3v) is 9.91. The van der Waals surface area contributed by atoms with Crippen LogP contribution in [0.25, 0.3) is 0 Å². The number of rotatable bonds is 14. The van der Waals surface area contributed by atoms with Crippen molar-refractivity contribution in [3.05, 3.63) is 0 Å². The molecule has 146 valence electrons. The molecule has 0 saturated heterocycles. The molecule has 24 heavy (non-hydrogen) atoms. The number of hydrogen-bond acceptors (Lipinski definition) is 4. The first-order valence-electron chi connectivity index (χ1n) is 7.85. The smallest absolute Gasteiger partial charge is 0.329 e. The van der Waals surface area contributed by atoms with Crippen LogP contribution in [0.4, 0.5) is 0 Å². The van der Waals surface area contributed by atoms with Crippen molar-refractivity contribution >= 4 is 32.0 Å². The second kappa shape index (κ2) is 11.2. The summed E-state index contributed by atoms with van der Waals surface area (Å²) in [7, 11) is -1.16. The molecule has 8 heteroatoms. The standard InChI is InChI=1S/C16H34O6S2/c1-23(2,3)13-24(4,5)8-6-7-14(9-21-11-15(17)18)10-22-12-16(19)20/h14H,6-13H2,1-5H3,(H,17,18)(H,19,20). The summed E-state index contributed by atoms with van der Waals surface area (Å²) >= 11 is 0. The predicted octanol–water partition coefficient (Wildman–Crippen LogP) is 2.30. The lowest BCUT2D eigenvalue weighted by Gasteiger charge is -2.40. The first-order chi connectivity index (χ1) is 10.9. The fourth-order valence-corrected chi connectivity index (χ4v) is 11.7. The van der Waals surface area contributed by atoms with Crippen LogP contribution in [-0.2, 0) is 19.1 Å². The number of ether oxygens (including phenoxy) is 2. The molecule has 2 N–H and O–H groups in total. The molecule has 0 aromatic heterocycles. The van der Waals surface area contributed by atoms with Crippen molar-refractivity contribution in [1.82, 2.24) is 0 Å². The van der Waals surface area contributed by atoms with Crippen molar-refractivity contribution in [2.24, 2.45) is 5.92 Å². The van der Waals surface area contributed by atoms with Crippen LogP contribution in [0.3, 0.4) is 0 Å². The molecule has 0 heterocycles. The Balaban J connectivity index is 4.31. The molecular weight excluding hydrogens is 352 g/mol. The molecule has 0 aromatic carbocycles. The minimum atomic E-state index is -1.00. The van der Waals surface area contributed by atoms with Gasteiger partial charge in [0.2, 0.25) is 0 Å². The Kier molecular flexibility index (Phi) is 11.0. The van der Waals surface area contributed by atoms with E-state index < -0.39 is 32.0 Å². The zero-order valence-electron chi connectivity index (χ0n) is 15.6. The molecule has 0 atom stereocenters. The maximum atomic E-state index is 10.5. The Hall–Kier alpha value is -0.440. The van der Waals surface area contributed by atoms with E-state index in [0.717, 1.165) is 18.6 Å². The van der Waals surface area contributed by atoms with E-state index in [0.29, 0.717) is 0 Å². The lowest BCUT2D eigenvalue weighted by atomic mass is 10.1. The second-order valence-corrected chi connectivity index (χ2v) is 16.6. The van der Waals surface area contributed by atoms with Crippen LogP contribution in [0.1, 0.15) is 12.8 Å². The minimum absolute atomic E-state index is 0.0286. The van der Waals surface area contributed by atoms with Gasteiger partial charge in [0.1, 0.15) is 13.2 Å². The lowest BCUT2D eigenvalue weighted by molar-refractivity contribution is -0.143. The van der Waals surface area contributed by atoms with Gasteiger partial charge >= 0.3 is 11.9 Å². The summed E-state index contributed by atoms with van der Waals surface area (Å²) in [5.74, 6) is -0.815. The average Bonchev–Trinajstić information content (AvgIpc) is 2.33. The van der Waals surface area contributed by atoms with Crippen molar-refractivity contribution in [2.75, 3.05) is 68.5 Å². The molecule has 0 aliphatic carbocycles. The Morgan fingerprint density at radius 1 is 0.917 bits per heavy atom. The van der Waals surface area contributed by atoms with Crippen LogP contribution in [0, 0.1) is 5.92 Å². The molecule has 0 spiro atoms. The zero-order valence-corrected chi connectivity index (χ0v) is 17.2. The van der Waals surface area contributed by atoms with E-state index in [1.54, 1.807) is 0 Å². The van der Waals surface area contributed by atoms with E-state index in [1.165, 1.54) is 5.08 Å². The van der Waals surface area contributed by atoms with Crippen molar-refractivity contribution in [3.63, 3.8) is 0 Å². The highest BCUT2D eigenvalue weighted by molar-refractivity contribution is 8.47. The normalized spacial score (nSPS) is 13.9. The van der Waals surface area contributed by atoms with Gasteiger partial charge in [-0.3, -0.25) is 0 Å². The molecule has 0 aliphatic heterocycles. The Bertz CT molecular complexity index is 373. The van der Waals surface area contributed by atoms with E-state index in [2.05, 4.69) is 31.3 Å².